The minimum absolute atomic E-state index is 0.331. The Bertz CT molecular complexity index is 335. The first-order valence-corrected chi connectivity index (χ1v) is 7.73. The zero-order chi connectivity index (χ0) is 11.6. The van der Waals surface area contributed by atoms with Crippen molar-refractivity contribution in [1.82, 2.24) is 10.3 Å². The lowest BCUT2D eigenvalue weighted by atomic mass is 10.2. The zero-order valence-electron chi connectivity index (χ0n) is 10.2. The number of nitrogens with zero attached hydrogens (tertiary/aromatic N) is 1. The molecule has 0 aromatic carbocycles. The second-order valence-electron chi connectivity index (χ2n) is 5.22. The molecule has 2 nitrogen and oxygen atoms in total. The smallest absolute Gasteiger partial charge is 0.103 e. The van der Waals surface area contributed by atoms with Crippen LogP contribution < -0.4 is 5.32 Å². The molecule has 1 N–H and O–H groups in total. The van der Waals surface area contributed by atoms with Crippen molar-refractivity contribution in [2.45, 2.75) is 50.2 Å². The SMILES string of the molecule is CC(C)(C)SCc1nc(C2CCCN2)cs1. The minimum atomic E-state index is 0.331. The number of thiazole rings is 1. The van der Waals surface area contributed by atoms with E-state index < -0.39 is 0 Å². The van der Waals surface area contributed by atoms with Crippen molar-refractivity contribution in [2.75, 3.05) is 6.54 Å². The lowest BCUT2D eigenvalue weighted by Crippen LogP contribution is -2.13. The molecule has 1 aliphatic rings. The molecule has 1 saturated heterocycles. The Kier molecular flexibility index (Phi) is 3.93. The summed E-state index contributed by atoms with van der Waals surface area (Å²) in [6.45, 7) is 7.91. The van der Waals surface area contributed by atoms with E-state index in [4.69, 9.17) is 4.98 Å². The lowest BCUT2D eigenvalue weighted by molar-refractivity contribution is 0.630. The highest BCUT2D eigenvalue weighted by molar-refractivity contribution is 7.99. The third-order valence-corrected chi connectivity index (χ3v) is 4.95. The first-order chi connectivity index (χ1) is 7.54. The molecule has 0 spiro atoms. The van der Waals surface area contributed by atoms with Gasteiger partial charge in [-0.05, 0) is 19.4 Å². The zero-order valence-corrected chi connectivity index (χ0v) is 11.9. The molecule has 4 heteroatoms. The molecule has 90 valence electrons. The average molecular weight is 256 g/mol. The minimum Gasteiger partial charge on any atom is -0.309 e. The number of thioether (sulfide) groups is 1. The van der Waals surface area contributed by atoms with Crippen molar-refractivity contribution >= 4 is 23.1 Å². The summed E-state index contributed by atoms with van der Waals surface area (Å²) in [4.78, 5) is 4.73. The van der Waals surface area contributed by atoms with Gasteiger partial charge in [-0.1, -0.05) is 20.8 Å². The summed E-state index contributed by atoms with van der Waals surface area (Å²) in [7, 11) is 0. The molecule has 16 heavy (non-hydrogen) atoms. The number of aromatic nitrogens is 1. The molecule has 0 bridgehead atoms. The fourth-order valence-electron chi connectivity index (χ4n) is 1.77. The van der Waals surface area contributed by atoms with Crippen LogP contribution in [0.25, 0.3) is 0 Å². The number of rotatable bonds is 3. The third-order valence-electron chi connectivity index (χ3n) is 2.62. The molecule has 1 fully saturated rings. The van der Waals surface area contributed by atoms with E-state index in [9.17, 15) is 0 Å². The molecule has 1 atom stereocenters. The van der Waals surface area contributed by atoms with Gasteiger partial charge >= 0.3 is 0 Å². The van der Waals surface area contributed by atoms with Crippen molar-refractivity contribution in [2.24, 2.45) is 0 Å². The van der Waals surface area contributed by atoms with Gasteiger partial charge in [-0.15, -0.1) is 23.1 Å². The molecule has 1 unspecified atom stereocenters. The second-order valence-corrected chi connectivity index (χ2v) is 7.96. The van der Waals surface area contributed by atoms with Crippen LogP contribution >= 0.6 is 23.1 Å². The van der Waals surface area contributed by atoms with Gasteiger partial charge in [0.15, 0.2) is 0 Å². The van der Waals surface area contributed by atoms with E-state index in [0.29, 0.717) is 10.8 Å². The van der Waals surface area contributed by atoms with Gasteiger partial charge in [0.2, 0.25) is 0 Å². The molecule has 1 aliphatic heterocycles. The maximum Gasteiger partial charge on any atom is 0.103 e. The predicted molar refractivity (Wildman–Crippen MR) is 73.1 cm³/mol. The molecular formula is C12H20N2S2. The average Bonchev–Trinajstić information content (AvgIpc) is 2.84. The predicted octanol–water partition coefficient (Wildman–Crippen LogP) is 3.60. The first-order valence-electron chi connectivity index (χ1n) is 5.86. The van der Waals surface area contributed by atoms with E-state index in [1.54, 1.807) is 11.3 Å². The lowest BCUT2D eigenvalue weighted by Gasteiger charge is -2.16. The highest BCUT2D eigenvalue weighted by atomic mass is 32.2. The molecule has 1 aromatic heterocycles. The number of hydrogen-bond acceptors (Lipinski definition) is 4. The maximum absolute atomic E-state index is 4.73. The van der Waals surface area contributed by atoms with Gasteiger partial charge in [-0.25, -0.2) is 4.98 Å². The van der Waals surface area contributed by atoms with Gasteiger partial charge in [0.1, 0.15) is 5.01 Å². The van der Waals surface area contributed by atoms with Crippen LogP contribution in [0, 0.1) is 0 Å². The second kappa shape index (κ2) is 5.07. The van der Waals surface area contributed by atoms with Crippen LogP contribution in [-0.2, 0) is 5.75 Å². The van der Waals surface area contributed by atoms with E-state index in [0.717, 1.165) is 12.3 Å². The molecule has 2 heterocycles. The topological polar surface area (TPSA) is 24.9 Å². The van der Waals surface area contributed by atoms with Crippen molar-refractivity contribution in [3.8, 4) is 0 Å². The summed E-state index contributed by atoms with van der Waals surface area (Å²) in [5, 5.41) is 6.99. The van der Waals surface area contributed by atoms with Crippen LogP contribution in [-0.4, -0.2) is 16.3 Å². The van der Waals surface area contributed by atoms with Crippen LogP contribution in [0.4, 0.5) is 0 Å². The molecule has 2 rings (SSSR count). The van der Waals surface area contributed by atoms with E-state index >= 15 is 0 Å². The van der Waals surface area contributed by atoms with Crippen molar-refractivity contribution in [3.63, 3.8) is 0 Å². The quantitative estimate of drug-likeness (QED) is 0.894. The van der Waals surface area contributed by atoms with Gasteiger partial charge in [0.25, 0.3) is 0 Å². The summed E-state index contributed by atoms with van der Waals surface area (Å²) < 4.78 is 0.331. The molecule has 1 aromatic rings. The Morgan fingerprint density at radius 3 is 3.00 bits per heavy atom. The van der Waals surface area contributed by atoms with Gasteiger partial charge in [0, 0.05) is 15.9 Å². The number of hydrogen-bond donors (Lipinski definition) is 1. The van der Waals surface area contributed by atoms with E-state index in [2.05, 4.69) is 31.5 Å². The maximum atomic E-state index is 4.73. The molecule has 0 radical (unpaired) electrons. The van der Waals surface area contributed by atoms with Crippen LogP contribution in [0.15, 0.2) is 5.38 Å². The van der Waals surface area contributed by atoms with Crippen molar-refractivity contribution < 1.29 is 0 Å². The monoisotopic (exact) mass is 256 g/mol. The highest BCUT2D eigenvalue weighted by Gasteiger charge is 2.19. The van der Waals surface area contributed by atoms with E-state index in [-0.39, 0.29) is 0 Å². The first kappa shape index (κ1) is 12.4. The molecule has 0 amide bonds. The largest absolute Gasteiger partial charge is 0.309 e. The van der Waals surface area contributed by atoms with Gasteiger partial charge < -0.3 is 5.32 Å². The Morgan fingerprint density at radius 1 is 1.56 bits per heavy atom. The fraction of sp³-hybridized carbons (Fsp3) is 0.750. The molecule has 0 saturated carbocycles. The van der Waals surface area contributed by atoms with Gasteiger partial charge in [-0.2, -0.15) is 0 Å². The van der Waals surface area contributed by atoms with Gasteiger partial charge in [-0.3, -0.25) is 0 Å². The highest BCUT2D eigenvalue weighted by Crippen LogP contribution is 2.30. The summed E-state index contributed by atoms with van der Waals surface area (Å²) in [5.74, 6) is 1.04. The summed E-state index contributed by atoms with van der Waals surface area (Å²) in [6.07, 6.45) is 2.53. The van der Waals surface area contributed by atoms with Gasteiger partial charge in [0.05, 0.1) is 11.7 Å². The molecular weight excluding hydrogens is 236 g/mol. The van der Waals surface area contributed by atoms with E-state index in [1.807, 2.05) is 11.8 Å². The van der Waals surface area contributed by atoms with Crippen LogP contribution in [0.3, 0.4) is 0 Å². The third kappa shape index (κ3) is 3.47. The van der Waals surface area contributed by atoms with Crippen molar-refractivity contribution in [1.29, 1.82) is 0 Å². The molecule has 0 aliphatic carbocycles. The standard InChI is InChI=1S/C12H20N2S2/c1-12(2,3)16-8-11-14-10(7-15-11)9-5-4-6-13-9/h7,9,13H,4-6,8H2,1-3H3. The Morgan fingerprint density at radius 2 is 2.38 bits per heavy atom. The summed E-state index contributed by atoms with van der Waals surface area (Å²) in [5.41, 5.74) is 1.26. The normalized spacial score (nSPS) is 21.6. The van der Waals surface area contributed by atoms with Crippen LogP contribution in [0.1, 0.15) is 50.4 Å². The van der Waals surface area contributed by atoms with E-state index in [1.165, 1.54) is 23.5 Å². The Balaban J connectivity index is 1.91. The Hall–Kier alpha value is -0.0600. The number of nitrogens with one attached hydrogen (secondary N) is 1. The Labute approximate surface area is 106 Å². The summed E-state index contributed by atoms with van der Waals surface area (Å²) >= 11 is 3.78. The van der Waals surface area contributed by atoms with Crippen molar-refractivity contribution in [3.05, 3.63) is 16.1 Å². The van der Waals surface area contributed by atoms with Crippen LogP contribution in [0.2, 0.25) is 0 Å². The van der Waals surface area contributed by atoms with Crippen LogP contribution in [0.5, 0.6) is 0 Å². The fourth-order valence-corrected chi connectivity index (χ4v) is 3.47. The summed E-state index contributed by atoms with van der Waals surface area (Å²) in [6, 6.07) is 0.518.